The molecule has 0 N–H and O–H groups in total. The summed E-state index contributed by atoms with van der Waals surface area (Å²) in [6, 6.07) is 21.2. The topological polar surface area (TPSA) is 62.3 Å². The van der Waals surface area contributed by atoms with E-state index in [4.69, 9.17) is 9.47 Å². The summed E-state index contributed by atoms with van der Waals surface area (Å²) in [5, 5.41) is 0. The summed E-state index contributed by atoms with van der Waals surface area (Å²) in [5.41, 5.74) is 1.44. The maximum Gasteiger partial charge on any atom is 0.410 e. The van der Waals surface area contributed by atoms with Gasteiger partial charge in [-0.25, -0.2) is 4.79 Å². The third-order valence-electron chi connectivity index (χ3n) is 7.79. The van der Waals surface area contributed by atoms with E-state index >= 15 is 0 Å². The van der Waals surface area contributed by atoms with Gasteiger partial charge in [-0.2, -0.15) is 0 Å². The number of rotatable bonds is 4. The Morgan fingerprint density at radius 1 is 0.892 bits per heavy atom. The van der Waals surface area contributed by atoms with Crippen molar-refractivity contribution in [1.82, 2.24) is 14.7 Å². The Hall–Kier alpha value is -2.90. The van der Waals surface area contributed by atoms with Crippen molar-refractivity contribution in [3.05, 3.63) is 71.8 Å². The van der Waals surface area contributed by atoms with Crippen molar-refractivity contribution in [2.24, 2.45) is 5.41 Å². The highest BCUT2D eigenvalue weighted by atomic mass is 16.6. The molecule has 2 atom stereocenters. The van der Waals surface area contributed by atoms with Crippen LogP contribution >= 0.6 is 0 Å². The lowest BCUT2D eigenvalue weighted by atomic mass is 9.81. The fourth-order valence-corrected chi connectivity index (χ4v) is 5.96. The average Bonchev–Trinajstić information content (AvgIpc) is 2.87. The van der Waals surface area contributed by atoms with Crippen molar-refractivity contribution in [2.75, 3.05) is 45.9 Å². The Morgan fingerprint density at radius 3 is 1.97 bits per heavy atom. The molecule has 3 saturated heterocycles. The Balaban J connectivity index is 1.48. The molecule has 37 heavy (non-hydrogen) atoms. The lowest BCUT2D eigenvalue weighted by Crippen LogP contribution is -2.69. The molecule has 2 amide bonds. The maximum absolute atomic E-state index is 13.4. The van der Waals surface area contributed by atoms with Gasteiger partial charge in [0.2, 0.25) is 5.91 Å². The first kappa shape index (κ1) is 25.7. The number of ether oxygens (including phenoxy) is 2. The van der Waals surface area contributed by atoms with Gasteiger partial charge in [0.05, 0.1) is 18.6 Å². The Kier molecular flexibility index (Phi) is 7.03. The van der Waals surface area contributed by atoms with Crippen LogP contribution in [-0.2, 0) is 14.3 Å². The van der Waals surface area contributed by atoms with E-state index in [1.807, 2.05) is 49.6 Å². The molecule has 2 aromatic carbocycles. The number of fused-ring (bicyclic) bond motifs is 1. The van der Waals surface area contributed by atoms with Gasteiger partial charge in [-0.1, -0.05) is 60.7 Å². The monoisotopic (exact) mass is 505 g/mol. The molecule has 0 radical (unpaired) electrons. The maximum atomic E-state index is 13.4. The summed E-state index contributed by atoms with van der Waals surface area (Å²) in [5.74, 6) is 0.238. The highest BCUT2D eigenvalue weighted by molar-refractivity contribution is 5.83. The molecule has 0 spiro atoms. The van der Waals surface area contributed by atoms with Crippen molar-refractivity contribution < 1.29 is 19.1 Å². The standard InChI is InChI=1S/C30H39N3O4/c1-29(2,3)37-28(35)32-18-24-17-31(27(34)30(4)20-36-21-30)15-16-33(24)25(19-32)26(22-11-7-5-8-12-22)23-13-9-6-10-14-23/h5-14,24-26H,15-21H2,1-4H3/t24-,25-/m0/s1. The van der Waals surface area contributed by atoms with Gasteiger partial charge in [-0.3, -0.25) is 9.69 Å². The van der Waals surface area contributed by atoms with E-state index in [2.05, 4.69) is 53.4 Å². The van der Waals surface area contributed by atoms with Crippen LogP contribution in [0, 0.1) is 5.41 Å². The van der Waals surface area contributed by atoms with Crippen molar-refractivity contribution in [3.8, 4) is 0 Å². The molecule has 198 valence electrons. The van der Waals surface area contributed by atoms with Crippen LogP contribution in [0.5, 0.6) is 0 Å². The number of carbonyl (C=O) groups is 2. The van der Waals surface area contributed by atoms with E-state index in [0.29, 0.717) is 39.4 Å². The van der Waals surface area contributed by atoms with Gasteiger partial charge in [-0.15, -0.1) is 0 Å². The summed E-state index contributed by atoms with van der Waals surface area (Å²) in [4.78, 5) is 33.1. The van der Waals surface area contributed by atoms with Gasteiger partial charge in [0.25, 0.3) is 0 Å². The number of piperazine rings is 2. The minimum atomic E-state index is -0.574. The molecule has 0 bridgehead atoms. The Labute approximate surface area is 220 Å². The van der Waals surface area contributed by atoms with Gasteiger partial charge in [-0.05, 0) is 38.8 Å². The zero-order chi connectivity index (χ0) is 26.2. The molecule has 3 aliphatic heterocycles. The zero-order valence-electron chi connectivity index (χ0n) is 22.4. The molecule has 5 rings (SSSR count). The van der Waals surface area contributed by atoms with Crippen LogP contribution in [0.15, 0.2) is 60.7 Å². The minimum absolute atomic E-state index is 0.0310. The van der Waals surface area contributed by atoms with Crippen molar-refractivity contribution >= 4 is 12.0 Å². The first-order valence-corrected chi connectivity index (χ1v) is 13.4. The SMILES string of the molecule is CC(C)(C)OC(=O)N1C[C@@H]2CN(C(=O)C3(C)COC3)CCN2[C@H](C(c2ccccc2)c2ccccc2)C1. The molecule has 3 fully saturated rings. The summed E-state index contributed by atoms with van der Waals surface area (Å²) >= 11 is 0. The second-order valence-corrected chi connectivity index (χ2v) is 11.9. The number of benzene rings is 2. The summed E-state index contributed by atoms with van der Waals surface area (Å²) < 4.78 is 11.2. The zero-order valence-corrected chi connectivity index (χ0v) is 22.4. The molecule has 0 unspecified atom stereocenters. The second kappa shape index (κ2) is 10.1. The minimum Gasteiger partial charge on any atom is -0.444 e. The Morgan fingerprint density at radius 2 is 1.46 bits per heavy atom. The predicted molar refractivity (Wildman–Crippen MR) is 142 cm³/mol. The number of hydrogen-bond donors (Lipinski definition) is 0. The van der Waals surface area contributed by atoms with Crippen molar-refractivity contribution in [2.45, 2.75) is 51.3 Å². The number of nitrogens with zero attached hydrogens (tertiary/aromatic N) is 3. The van der Waals surface area contributed by atoms with E-state index in [1.54, 1.807) is 0 Å². The molecule has 2 aromatic rings. The summed E-state index contributed by atoms with van der Waals surface area (Å²) in [6.45, 7) is 11.8. The van der Waals surface area contributed by atoms with Crippen LogP contribution in [0.3, 0.4) is 0 Å². The van der Waals surface area contributed by atoms with Crippen LogP contribution in [0.1, 0.15) is 44.7 Å². The summed E-state index contributed by atoms with van der Waals surface area (Å²) in [7, 11) is 0. The molecule has 3 heterocycles. The lowest BCUT2D eigenvalue weighted by molar-refractivity contribution is -0.173. The third-order valence-corrected chi connectivity index (χ3v) is 7.79. The van der Waals surface area contributed by atoms with Crippen LogP contribution in [0.2, 0.25) is 0 Å². The highest BCUT2D eigenvalue weighted by Crippen LogP contribution is 2.37. The second-order valence-electron chi connectivity index (χ2n) is 11.9. The van der Waals surface area contributed by atoms with Gasteiger partial charge >= 0.3 is 6.09 Å². The van der Waals surface area contributed by atoms with E-state index < -0.39 is 11.0 Å². The van der Waals surface area contributed by atoms with Gasteiger partial charge in [0.15, 0.2) is 0 Å². The molecule has 0 saturated carbocycles. The van der Waals surface area contributed by atoms with Gasteiger partial charge < -0.3 is 19.3 Å². The number of amides is 2. The molecule has 3 aliphatic rings. The molecule has 7 nitrogen and oxygen atoms in total. The van der Waals surface area contributed by atoms with E-state index in [1.165, 1.54) is 11.1 Å². The lowest BCUT2D eigenvalue weighted by Gasteiger charge is -2.54. The molecular weight excluding hydrogens is 466 g/mol. The highest BCUT2D eigenvalue weighted by Gasteiger charge is 2.48. The smallest absolute Gasteiger partial charge is 0.410 e. The third kappa shape index (κ3) is 5.39. The predicted octanol–water partition coefficient (Wildman–Crippen LogP) is 3.99. The fraction of sp³-hybridized carbons (Fsp3) is 0.533. The first-order chi connectivity index (χ1) is 17.6. The van der Waals surface area contributed by atoms with Crippen LogP contribution < -0.4 is 0 Å². The molecular formula is C30H39N3O4. The van der Waals surface area contributed by atoms with Crippen LogP contribution in [-0.4, -0.2) is 90.3 Å². The molecule has 0 aliphatic carbocycles. The number of hydrogen-bond acceptors (Lipinski definition) is 5. The first-order valence-electron chi connectivity index (χ1n) is 13.4. The quantitative estimate of drug-likeness (QED) is 0.629. The van der Waals surface area contributed by atoms with Gasteiger partial charge in [0.1, 0.15) is 5.60 Å². The summed E-state index contributed by atoms with van der Waals surface area (Å²) in [6.07, 6.45) is -0.292. The fourth-order valence-electron chi connectivity index (χ4n) is 5.96. The van der Waals surface area contributed by atoms with Crippen LogP contribution in [0.25, 0.3) is 0 Å². The van der Waals surface area contributed by atoms with E-state index in [-0.39, 0.29) is 30.0 Å². The molecule has 7 heteroatoms. The van der Waals surface area contributed by atoms with Crippen molar-refractivity contribution in [3.63, 3.8) is 0 Å². The largest absolute Gasteiger partial charge is 0.444 e. The Bertz CT molecular complexity index is 1060. The van der Waals surface area contributed by atoms with Crippen molar-refractivity contribution in [1.29, 1.82) is 0 Å². The number of carbonyl (C=O) groups excluding carboxylic acids is 2. The van der Waals surface area contributed by atoms with E-state index in [9.17, 15) is 9.59 Å². The average molecular weight is 506 g/mol. The van der Waals surface area contributed by atoms with Crippen LogP contribution in [0.4, 0.5) is 4.79 Å². The molecule has 0 aromatic heterocycles. The normalized spacial score (nSPS) is 23.8. The van der Waals surface area contributed by atoms with E-state index in [0.717, 1.165) is 6.54 Å². The van der Waals surface area contributed by atoms with Gasteiger partial charge in [0, 0.05) is 50.7 Å².